The number of hydrogen-bond acceptors (Lipinski definition) is 6. The Kier molecular flexibility index (Phi) is 4.04. The predicted molar refractivity (Wildman–Crippen MR) is 85.0 cm³/mol. The van der Waals surface area contributed by atoms with E-state index in [1.807, 2.05) is 36.4 Å². The average Bonchev–Trinajstić information content (AvgIpc) is 2.83. The van der Waals surface area contributed by atoms with Crippen LogP contribution in [0.5, 0.6) is 5.75 Å². The van der Waals surface area contributed by atoms with E-state index in [1.165, 1.54) is 11.8 Å². The van der Waals surface area contributed by atoms with Crippen LogP contribution in [0.2, 0.25) is 0 Å². The Morgan fingerprint density at radius 1 is 1.18 bits per heavy atom. The van der Waals surface area contributed by atoms with E-state index >= 15 is 0 Å². The Bertz CT molecular complexity index is 672. The van der Waals surface area contributed by atoms with Gasteiger partial charge in [-0.1, -0.05) is 16.9 Å². The number of thioether (sulfide) groups is 1. The number of pyridine rings is 1. The Hall–Kier alpha value is -2.05. The van der Waals surface area contributed by atoms with Gasteiger partial charge in [0.25, 0.3) is 0 Å². The number of nitrogens with zero attached hydrogens (tertiary/aromatic N) is 2. The van der Waals surface area contributed by atoms with E-state index in [0.29, 0.717) is 5.04 Å². The van der Waals surface area contributed by atoms with Crippen LogP contribution in [0.3, 0.4) is 0 Å². The largest absolute Gasteiger partial charge is 0.497 e. The van der Waals surface area contributed by atoms with Crippen molar-refractivity contribution >= 4 is 16.8 Å². The monoisotopic (exact) mass is 316 g/mol. The number of ether oxygens (including phenoxy) is 1. The molecule has 2 heterocycles. The molecule has 1 aromatic heterocycles. The highest BCUT2D eigenvalue weighted by Crippen LogP contribution is 2.41. The summed E-state index contributed by atoms with van der Waals surface area (Å²) in [6.07, 6.45) is 3.39. The number of benzene rings is 1. The number of aliphatic hydroxyl groups is 1. The van der Waals surface area contributed by atoms with Gasteiger partial charge in [0.2, 0.25) is 5.79 Å². The zero-order chi connectivity index (χ0) is 15.6. The van der Waals surface area contributed by atoms with Crippen molar-refractivity contribution in [2.75, 3.05) is 7.11 Å². The van der Waals surface area contributed by atoms with Gasteiger partial charge in [0, 0.05) is 24.2 Å². The third-order valence-electron chi connectivity index (χ3n) is 3.42. The molecule has 2 aromatic rings. The lowest BCUT2D eigenvalue weighted by atomic mass is 9.94. The second-order valence-electron chi connectivity index (χ2n) is 5.07. The first-order chi connectivity index (χ1) is 10.6. The smallest absolute Gasteiger partial charge is 0.244 e. The highest BCUT2D eigenvalue weighted by Gasteiger charge is 2.45. The van der Waals surface area contributed by atoms with Crippen molar-refractivity contribution in [1.82, 2.24) is 4.98 Å². The molecule has 0 aliphatic carbocycles. The fourth-order valence-corrected chi connectivity index (χ4v) is 3.38. The summed E-state index contributed by atoms with van der Waals surface area (Å²) in [7, 11) is 1.63. The van der Waals surface area contributed by atoms with E-state index in [-0.39, 0.29) is 5.92 Å². The topological polar surface area (TPSA) is 63.9 Å². The summed E-state index contributed by atoms with van der Waals surface area (Å²) in [5, 5.41) is 15.2. The summed E-state index contributed by atoms with van der Waals surface area (Å²) >= 11 is 1.46. The molecule has 2 atom stereocenters. The van der Waals surface area contributed by atoms with Gasteiger partial charge in [0.1, 0.15) is 16.7 Å². The first kappa shape index (κ1) is 14.9. The van der Waals surface area contributed by atoms with Gasteiger partial charge < -0.3 is 14.7 Å². The van der Waals surface area contributed by atoms with Gasteiger partial charge in [-0.25, -0.2) is 0 Å². The van der Waals surface area contributed by atoms with Crippen molar-refractivity contribution in [3.8, 4) is 5.75 Å². The van der Waals surface area contributed by atoms with Gasteiger partial charge in [-0.05, 0) is 42.0 Å². The minimum Gasteiger partial charge on any atom is -0.497 e. The van der Waals surface area contributed by atoms with Crippen molar-refractivity contribution in [3.63, 3.8) is 0 Å². The van der Waals surface area contributed by atoms with Gasteiger partial charge in [-0.15, -0.1) is 0 Å². The molecule has 1 N–H and O–H groups in total. The molecule has 0 radical (unpaired) electrons. The Morgan fingerprint density at radius 2 is 1.86 bits per heavy atom. The number of hydrogen-bond donors (Lipinski definition) is 1. The molecular weight excluding hydrogens is 300 g/mol. The van der Waals surface area contributed by atoms with Crippen LogP contribution in [-0.4, -0.2) is 28.0 Å². The van der Waals surface area contributed by atoms with E-state index in [9.17, 15) is 5.11 Å². The van der Waals surface area contributed by atoms with Crippen LogP contribution < -0.4 is 4.74 Å². The standard InChI is InChI=1S/C16H16N2O3S/c1-16(19)14(11-7-9-17-10-8-11)15(18-21-16)22-13-5-3-12(20-2)4-6-13/h3-10,14,19H,1-2H3. The molecular formula is C16H16N2O3S. The number of aromatic nitrogens is 1. The zero-order valence-corrected chi connectivity index (χ0v) is 13.1. The molecule has 5 nitrogen and oxygen atoms in total. The first-order valence-corrected chi connectivity index (χ1v) is 7.62. The highest BCUT2D eigenvalue weighted by molar-refractivity contribution is 8.14. The van der Waals surface area contributed by atoms with Gasteiger partial charge in [0.15, 0.2) is 0 Å². The van der Waals surface area contributed by atoms with Crippen LogP contribution in [0.15, 0.2) is 58.8 Å². The van der Waals surface area contributed by atoms with Crippen molar-refractivity contribution in [3.05, 3.63) is 54.4 Å². The number of oxime groups is 1. The lowest BCUT2D eigenvalue weighted by Gasteiger charge is -2.23. The molecule has 0 saturated heterocycles. The Balaban J connectivity index is 1.85. The molecule has 1 aliphatic rings. The first-order valence-electron chi connectivity index (χ1n) is 6.80. The molecule has 0 fully saturated rings. The van der Waals surface area contributed by atoms with Crippen LogP contribution in [0.1, 0.15) is 18.4 Å². The summed E-state index contributed by atoms with van der Waals surface area (Å²) in [6, 6.07) is 11.4. The molecule has 1 aliphatic heterocycles. The van der Waals surface area contributed by atoms with Crippen molar-refractivity contribution < 1.29 is 14.7 Å². The van der Waals surface area contributed by atoms with E-state index in [4.69, 9.17) is 9.57 Å². The molecule has 6 heteroatoms. The summed E-state index contributed by atoms with van der Waals surface area (Å²) < 4.78 is 5.15. The van der Waals surface area contributed by atoms with Gasteiger partial charge in [-0.2, -0.15) is 0 Å². The fourth-order valence-electron chi connectivity index (χ4n) is 2.32. The maximum Gasteiger partial charge on any atom is 0.244 e. The fraction of sp³-hybridized carbons (Fsp3) is 0.250. The maximum absolute atomic E-state index is 10.4. The molecule has 0 bridgehead atoms. The second-order valence-corrected chi connectivity index (χ2v) is 6.16. The third-order valence-corrected chi connectivity index (χ3v) is 4.45. The minimum absolute atomic E-state index is 0.345. The minimum atomic E-state index is -1.36. The molecule has 0 amide bonds. The van der Waals surface area contributed by atoms with Gasteiger partial charge in [0.05, 0.1) is 7.11 Å². The van der Waals surface area contributed by atoms with Crippen LogP contribution in [0.25, 0.3) is 0 Å². The van der Waals surface area contributed by atoms with Crippen molar-refractivity contribution in [2.45, 2.75) is 23.5 Å². The summed E-state index contributed by atoms with van der Waals surface area (Å²) in [5.41, 5.74) is 0.914. The molecule has 0 saturated carbocycles. The van der Waals surface area contributed by atoms with E-state index in [1.54, 1.807) is 26.4 Å². The number of rotatable bonds is 3. The van der Waals surface area contributed by atoms with E-state index in [2.05, 4.69) is 10.1 Å². The Labute approximate surface area is 133 Å². The third kappa shape index (κ3) is 2.93. The van der Waals surface area contributed by atoms with E-state index in [0.717, 1.165) is 16.2 Å². The van der Waals surface area contributed by atoms with Gasteiger partial charge in [-0.3, -0.25) is 4.98 Å². The summed E-state index contributed by atoms with van der Waals surface area (Å²) in [4.78, 5) is 10.2. The average molecular weight is 316 g/mol. The molecule has 1 aromatic carbocycles. The highest BCUT2D eigenvalue weighted by atomic mass is 32.2. The summed E-state index contributed by atoms with van der Waals surface area (Å²) in [5.74, 6) is -0.912. The molecule has 0 spiro atoms. The Morgan fingerprint density at radius 3 is 2.50 bits per heavy atom. The van der Waals surface area contributed by atoms with Gasteiger partial charge >= 0.3 is 0 Å². The molecule has 2 unspecified atom stereocenters. The van der Waals surface area contributed by atoms with Crippen LogP contribution in [-0.2, 0) is 4.84 Å². The zero-order valence-electron chi connectivity index (χ0n) is 12.3. The SMILES string of the molecule is COc1ccc(SC2=NOC(C)(O)C2c2ccncc2)cc1. The molecule has 114 valence electrons. The molecule has 3 rings (SSSR count). The lowest BCUT2D eigenvalue weighted by Crippen LogP contribution is -2.32. The second kappa shape index (κ2) is 5.98. The lowest BCUT2D eigenvalue weighted by molar-refractivity contribution is -0.179. The number of methoxy groups -OCH3 is 1. The van der Waals surface area contributed by atoms with Crippen LogP contribution in [0, 0.1) is 0 Å². The predicted octanol–water partition coefficient (Wildman–Crippen LogP) is 3.02. The quantitative estimate of drug-likeness (QED) is 0.943. The van der Waals surface area contributed by atoms with Crippen molar-refractivity contribution in [2.24, 2.45) is 5.16 Å². The van der Waals surface area contributed by atoms with E-state index < -0.39 is 5.79 Å². The maximum atomic E-state index is 10.4. The van der Waals surface area contributed by atoms with Crippen LogP contribution >= 0.6 is 11.8 Å². The molecule has 22 heavy (non-hydrogen) atoms. The van der Waals surface area contributed by atoms with Crippen LogP contribution in [0.4, 0.5) is 0 Å². The van der Waals surface area contributed by atoms with Crippen molar-refractivity contribution in [1.29, 1.82) is 0 Å². The summed E-state index contributed by atoms with van der Waals surface area (Å²) in [6.45, 7) is 1.61. The normalized spacial score (nSPS) is 23.8.